The predicted octanol–water partition coefficient (Wildman–Crippen LogP) is 3.00. The Bertz CT molecular complexity index is 1140. The summed E-state index contributed by atoms with van der Waals surface area (Å²) in [5, 5.41) is 3.94. The normalized spacial score (nSPS) is 16.1. The van der Waals surface area contributed by atoms with Crippen LogP contribution in [0, 0.1) is 19.7 Å². The van der Waals surface area contributed by atoms with Crippen molar-refractivity contribution in [3.63, 3.8) is 0 Å². The summed E-state index contributed by atoms with van der Waals surface area (Å²) in [5.41, 5.74) is 2.13. The number of rotatable bonds is 5. The lowest BCUT2D eigenvalue weighted by atomic mass is 10.1. The van der Waals surface area contributed by atoms with Crippen molar-refractivity contribution in [1.29, 1.82) is 0 Å². The number of aryl methyl sites for hydroxylation is 2. The molecule has 1 aliphatic heterocycles. The average Bonchev–Trinajstić information content (AvgIpc) is 3.19. The fourth-order valence-electron chi connectivity index (χ4n) is 3.35. The number of halogens is 1. The summed E-state index contributed by atoms with van der Waals surface area (Å²) >= 11 is 0. The lowest BCUT2D eigenvalue weighted by molar-refractivity contribution is 0.163. The molecule has 4 rings (SSSR count). The van der Waals surface area contributed by atoms with E-state index in [4.69, 9.17) is 4.52 Å². The second-order valence-electron chi connectivity index (χ2n) is 7.47. The van der Waals surface area contributed by atoms with Gasteiger partial charge in [0.15, 0.2) is 0 Å². The number of hydrogen-bond donors (Lipinski definition) is 0. The molecule has 2 aromatic carbocycles. The Morgan fingerprint density at radius 2 is 1.73 bits per heavy atom. The molecule has 0 bridgehead atoms. The SMILES string of the molecule is Cc1ccc(S(=O)(=O)N2CCN(Cc3nc(-c4ccc(C)c(F)c4)no3)CC2)cc1. The molecule has 1 aromatic heterocycles. The Labute approximate surface area is 175 Å². The van der Waals surface area contributed by atoms with Crippen molar-refractivity contribution in [3.8, 4) is 11.4 Å². The highest BCUT2D eigenvalue weighted by Gasteiger charge is 2.29. The molecule has 0 atom stereocenters. The zero-order valence-corrected chi connectivity index (χ0v) is 17.7. The van der Waals surface area contributed by atoms with E-state index in [0.29, 0.717) is 60.5 Å². The topological polar surface area (TPSA) is 79.5 Å². The third-order valence-electron chi connectivity index (χ3n) is 5.25. The number of sulfonamides is 1. The summed E-state index contributed by atoms with van der Waals surface area (Å²) in [7, 11) is -3.49. The van der Waals surface area contributed by atoms with Crippen molar-refractivity contribution < 1.29 is 17.3 Å². The largest absolute Gasteiger partial charge is 0.338 e. The number of aromatic nitrogens is 2. The van der Waals surface area contributed by atoms with E-state index in [1.807, 2.05) is 6.92 Å². The van der Waals surface area contributed by atoms with Gasteiger partial charge in [0.2, 0.25) is 21.7 Å². The molecule has 0 aliphatic carbocycles. The van der Waals surface area contributed by atoms with Gasteiger partial charge in [0, 0.05) is 31.7 Å². The maximum Gasteiger partial charge on any atom is 0.243 e. The minimum atomic E-state index is -3.49. The quantitative estimate of drug-likeness (QED) is 0.619. The van der Waals surface area contributed by atoms with E-state index in [1.54, 1.807) is 43.3 Å². The number of nitrogens with zero attached hydrogens (tertiary/aromatic N) is 4. The van der Waals surface area contributed by atoms with Gasteiger partial charge >= 0.3 is 0 Å². The molecule has 0 unspecified atom stereocenters. The van der Waals surface area contributed by atoms with E-state index in [0.717, 1.165) is 5.56 Å². The Morgan fingerprint density at radius 1 is 1.03 bits per heavy atom. The molecule has 1 aliphatic rings. The first kappa shape index (κ1) is 20.6. The van der Waals surface area contributed by atoms with E-state index < -0.39 is 10.0 Å². The van der Waals surface area contributed by atoms with Crippen LogP contribution in [0.1, 0.15) is 17.0 Å². The van der Waals surface area contributed by atoms with Gasteiger partial charge in [-0.25, -0.2) is 12.8 Å². The van der Waals surface area contributed by atoms with Crippen LogP contribution in [0.15, 0.2) is 51.9 Å². The minimum Gasteiger partial charge on any atom is -0.338 e. The molecule has 0 amide bonds. The van der Waals surface area contributed by atoms with E-state index >= 15 is 0 Å². The molecule has 1 saturated heterocycles. The number of benzene rings is 2. The van der Waals surface area contributed by atoms with Gasteiger partial charge < -0.3 is 4.52 Å². The zero-order chi connectivity index (χ0) is 21.3. The maximum atomic E-state index is 13.8. The molecule has 158 valence electrons. The van der Waals surface area contributed by atoms with Crippen LogP contribution in [0.3, 0.4) is 0 Å². The first-order valence-electron chi connectivity index (χ1n) is 9.71. The van der Waals surface area contributed by atoms with Crippen LogP contribution < -0.4 is 0 Å². The molecule has 3 aromatic rings. The van der Waals surface area contributed by atoms with Crippen molar-refractivity contribution in [1.82, 2.24) is 19.3 Å². The van der Waals surface area contributed by atoms with Crippen molar-refractivity contribution in [2.45, 2.75) is 25.3 Å². The minimum absolute atomic E-state index is 0.313. The van der Waals surface area contributed by atoms with Gasteiger partial charge in [0.25, 0.3) is 0 Å². The molecule has 0 radical (unpaired) electrons. The fraction of sp³-hybridized carbons (Fsp3) is 0.333. The van der Waals surface area contributed by atoms with E-state index in [1.165, 1.54) is 10.4 Å². The van der Waals surface area contributed by atoms with Gasteiger partial charge in [-0.3, -0.25) is 4.90 Å². The molecule has 0 saturated carbocycles. The van der Waals surface area contributed by atoms with Crippen LogP contribution in [0.2, 0.25) is 0 Å². The van der Waals surface area contributed by atoms with E-state index in [2.05, 4.69) is 15.0 Å². The molecule has 2 heterocycles. The van der Waals surface area contributed by atoms with Gasteiger partial charge in [-0.2, -0.15) is 9.29 Å². The fourth-order valence-corrected chi connectivity index (χ4v) is 4.77. The van der Waals surface area contributed by atoms with Crippen LogP contribution >= 0.6 is 0 Å². The highest BCUT2D eigenvalue weighted by atomic mass is 32.2. The second kappa shape index (κ2) is 8.25. The summed E-state index contributed by atoms with van der Waals surface area (Å²) in [6.07, 6.45) is 0. The second-order valence-corrected chi connectivity index (χ2v) is 9.41. The Kier molecular flexibility index (Phi) is 5.68. The standard InChI is InChI=1S/C21H23FN4O3S/c1-15-3-7-18(8-4-15)30(27,28)26-11-9-25(10-12-26)14-20-23-21(24-29-20)17-6-5-16(2)19(22)13-17/h3-8,13H,9-12,14H2,1-2H3. The third-order valence-corrected chi connectivity index (χ3v) is 7.16. The molecular formula is C21H23FN4O3S. The lowest BCUT2D eigenvalue weighted by Crippen LogP contribution is -2.48. The average molecular weight is 431 g/mol. The van der Waals surface area contributed by atoms with Crippen LogP contribution in [0.5, 0.6) is 0 Å². The van der Waals surface area contributed by atoms with Crippen LogP contribution in [-0.2, 0) is 16.6 Å². The third kappa shape index (κ3) is 4.28. The molecule has 1 fully saturated rings. The highest BCUT2D eigenvalue weighted by molar-refractivity contribution is 7.89. The van der Waals surface area contributed by atoms with Gasteiger partial charge in [0.1, 0.15) is 5.82 Å². The first-order valence-corrected chi connectivity index (χ1v) is 11.2. The van der Waals surface area contributed by atoms with Gasteiger partial charge in [-0.05, 0) is 37.6 Å². The van der Waals surface area contributed by atoms with Crippen molar-refractivity contribution in [2.75, 3.05) is 26.2 Å². The Hall–Kier alpha value is -2.62. The van der Waals surface area contributed by atoms with Crippen molar-refractivity contribution >= 4 is 10.0 Å². The zero-order valence-electron chi connectivity index (χ0n) is 16.9. The molecule has 0 spiro atoms. The summed E-state index contributed by atoms with van der Waals surface area (Å²) in [4.78, 5) is 6.73. The molecule has 0 N–H and O–H groups in total. The van der Waals surface area contributed by atoms with Crippen LogP contribution in [-0.4, -0.2) is 53.9 Å². The highest BCUT2D eigenvalue weighted by Crippen LogP contribution is 2.21. The van der Waals surface area contributed by atoms with Crippen molar-refractivity contribution in [3.05, 3.63) is 65.3 Å². The van der Waals surface area contributed by atoms with Gasteiger partial charge in [-0.1, -0.05) is 35.0 Å². The number of hydrogen-bond acceptors (Lipinski definition) is 6. The summed E-state index contributed by atoms with van der Waals surface area (Å²) in [6.45, 7) is 5.93. The summed E-state index contributed by atoms with van der Waals surface area (Å²) < 4.78 is 46.2. The predicted molar refractivity (Wildman–Crippen MR) is 110 cm³/mol. The Morgan fingerprint density at radius 3 is 2.40 bits per heavy atom. The lowest BCUT2D eigenvalue weighted by Gasteiger charge is -2.33. The smallest absolute Gasteiger partial charge is 0.243 e. The van der Waals surface area contributed by atoms with Crippen LogP contribution in [0.25, 0.3) is 11.4 Å². The molecule has 7 nitrogen and oxygen atoms in total. The van der Waals surface area contributed by atoms with Crippen molar-refractivity contribution in [2.24, 2.45) is 0 Å². The monoisotopic (exact) mass is 430 g/mol. The number of piperazine rings is 1. The van der Waals surface area contributed by atoms with E-state index in [-0.39, 0.29) is 5.82 Å². The van der Waals surface area contributed by atoms with Gasteiger partial charge in [0.05, 0.1) is 11.4 Å². The molecular weight excluding hydrogens is 407 g/mol. The first-order chi connectivity index (χ1) is 14.3. The molecule has 9 heteroatoms. The van der Waals surface area contributed by atoms with Gasteiger partial charge in [-0.15, -0.1) is 0 Å². The molecule has 30 heavy (non-hydrogen) atoms. The summed E-state index contributed by atoms with van der Waals surface area (Å²) in [5.74, 6) is 0.440. The maximum absolute atomic E-state index is 13.8. The summed E-state index contributed by atoms with van der Waals surface area (Å²) in [6, 6.07) is 11.7. The van der Waals surface area contributed by atoms with Crippen LogP contribution in [0.4, 0.5) is 4.39 Å². The Balaban J connectivity index is 1.38. The van der Waals surface area contributed by atoms with E-state index in [9.17, 15) is 12.8 Å².